The van der Waals surface area contributed by atoms with Crippen LogP contribution in [-0.2, 0) is 11.3 Å². The highest BCUT2D eigenvalue weighted by molar-refractivity contribution is 5.28. The van der Waals surface area contributed by atoms with E-state index in [9.17, 15) is 0 Å². The van der Waals surface area contributed by atoms with Gasteiger partial charge in [0.25, 0.3) is 0 Å². The average Bonchev–Trinajstić information content (AvgIpc) is 2.65. The van der Waals surface area contributed by atoms with E-state index >= 15 is 0 Å². The van der Waals surface area contributed by atoms with Crippen molar-refractivity contribution >= 4 is 5.95 Å². The summed E-state index contributed by atoms with van der Waals surface area (Å²) >= 11 is 0. The van der Waals surface area contributed by atoms with Gasteiger partial charge in [-0.05, 0) is 40.4 Å². The van der Waals surface area contributed by atoms with E-state index in [-0.39, 0.29) is 0 Å². The van der Waals surface area contributed by atoms with Crippen molar-refractivity contribution < 1.29 is 4.74 Å². The van der Waals surface area contributed by atoms with Gasteiger partial charge in [-0.15, -0.1) is 0 Å². The Morgan fingerprint density at radius 3 is 2.83 bits per heavy atom. The molecule has 0 fully saturated rings. The summed E-state index contributed by atoms with van der Waals surface area (Å²) in [4.78, 5) is 6.70. The van der Waals surface area contributed by atoms with Gasteiger partial charge in [0.1, 0.15) is 0 Å². The zero-order valence-electron chi connectivity index (χ0n) is 12.1. The molecule has 0 saturated carbocycles. The number of nitrogens with one attached hydrogen (secondary N) is 1. The topological polar surface area (TPSA) is 42.3 Å². The molecular weight excluding hydrogens is 228 g/mol. The molecule has 0 aliphatic rings. The third-order valence-corrected chi connectivity index (χ3v) is 2.74. The summed E-state index contributed by atoms with van der Waals surface area (Å²) in [6, 6.07) is 0. The smallest absolute Gasteiger partial charge is 0.203 e. The maximum Gasteiger partial charge on any atom is 0.203 e. The van der Waals surface area contributed by atoms with E-state index in [0.29, 0.717) is 6.61 Å². The molecule has 0 spiro atoms. The van der Waals surface area contributed by atoms with Gasteiger partial charge in [-0.2, -0.15) is 0 Å². The first-order valence-electron chi connectivity index (χ1n) is 6.55. The molecule has 0 saturated heterocycles. The van der Waals surface area contributed by atoms with Crippen molar-refractivity contribution in [2.75, 3.05) is 46.2 Å². The fraction of sp³-hybridized carbons (Fsp3) is 0.769. The summed E-state index contributed by atoms with van der Waals surface area (Å²) < 4.78 is 7.23. The molecule has 0 aliphatic heterocycles. The summed E-state index contributed by atoms with van der Waals surface area (Å²) in [6.45, 7) is 5.68. The van der Waals surface area contributed by atoms with E-state index in [0.717, 1.165) is 31.3 Å². The van der Waals surface area contributed by atoms with Gasteiger partial charge in [-0.1, -0.05) is 0 Å². The van der Waals surface area contributed by atoms with Crippen LogP contribution in [0.1, 0.15) is 18.5 Å². The van der Waals surface area contributed by atoms with Crippen molar-refractivity contribution in [2.45, 2.75) is 26.3 Å². The van der Waals surface area contributed by atoms with Crippen molar-refractivity contribution in [2.24, 2.45) is 0 Å². The second-order valence-corrected chi connectivity index (χ2v) is 4.83. The second kappa shape index (κ2) is 8.11. The van der Waals surface area contributed by atoms with Gasteiger partial charge in [0.15, 0.2) is 0 Å². The standard InChI is InChI=1S/C13H26N4O/c1-12-11-17(9-6-5-8-16(2)3)13(15-12)14-7-10-18-4/h11H,5-10H2,1-4H3,(H,14,15). The van der Waals surface area contributed by atoms with Gasteiger partial charge in [-0.25, -0.2) is 4.98 Å². The number of hydrogen-bond acceptors (Lipinski definition) is 4. The zero-order valence-corrected chi connectivity index (χ0v) is 12.1. The van der Waals surface area contributed by atoms with E-state index in [1.165, 1.54) is 12.8 Å². The Bertz CT molecular complexity index is 336. The molecule has 5 heteroatoms. The Kier molecular flexibility index (Phi) is 6.75. The molecule has 1 aromatic heterocycles. The summed E-state index contributed by atoms with van der Waals surface area (Å²) in [5.41, 5.74) is 1.06. The molecule has 0 amide bonds. The molecule has 5 nitrogen and oxygen atoms in total. The Balaban J connectivity index is 2.38. The maximum absolute atomic E-state index is 5.03. The molecule has 0 aliphatic carbocycles. The van der Waals surface area contributed by atoms with Crippen LogP contribution in [-0.4, -0.2) is 55.4 Å². The molecule has 104 valence electrons. The summed E-state index contributed by atoms with van der Waals surface area (Å²) in [5.74, 6) is 0.953. The molecule has 1 N–H and O–H groups in total. The first kappa shape index (κ1) is 15.0. The summed E-state index contributed by atoms with van der Waals surface area (Å²) in [5, 5.41) is 3.30. The zero-order chi connectivity index (χ0) is 13.4. The Hall–Kier alpha value is -1.07. The van der Waals surface area contributed by atoms with Crippen molar-refractivity contribution in [1.29, 1.82) is 0 Å². The number of methoxy groups -OCH3 is 1. The SMILES string of the molecule is COCCNc1nc(C)cn1CCCCN(C)C. The number of aryl methyl sites for hydroxylation is 2. The van der Waals surface area contributed by atoms with Crippen LogP contribution in [0.3, 0.4) is 0 Å². The molecular formula is C13H26N4O. The van der Waals surface area contributed by atoms with E-state index < -0.39 is 0 Å². The molecule has 0 unspecified atom stereocenters. The van der Waals surface area contributed by atoms with Crippen LogP contribution in [0.5, 0.6) is 0 Å². The Morgan fingerprint density at radius 2 is 2.17 bits per heavy atom. The van der Waals surface area contributed by atoms with E-state index in [1.54, 1.807) is 7.11 Å². The lowest BCUT2D eigenvalue weighted by molar-refractivity contribution is 0.210. The first-order chi connectivity index (χ1) is 8.63. The quantitative estimate of drug-likeness (QED) is 0.680. The number of anilines is 1. The number of ether oxygens (including phenoxy) is 1. The van der Waals surface area contributed by atoms with Crippen molar-refractivity contribution in [3.63, 3.8) is 0 Å². The van der Waals surface area contributed by atoms with E-state index in [1.807, 2.05) is 6.92 Å². The molecule has 0 aromatic carbocycles. The van der Waals surface area contributed by atoms with E-state index in [4.69, 9.17) is 4.74 Å². The molecule has 0 radical (unpaired) electrons. The lowest BCUT2D eigenvalue weighted by Crippen LogP contribution is -2.15. The number of imidazole rings is 1. The third-order valence-electron chi connectivity index (χ3n) is 2.74. The molecule has 1 aromatic rings. The predicted molar refractivity (Wildman–Crippen MR) is 75.1 cm³/mol. The third kappa shape index (κ3) is 5.51. The minimum atomic E-state index is 0.701. The van der Waals surface area contributed by atoms with Gasteiger partial charge in [0.05, 0.1) is 12.3 Å². The predicted octanol–water partition coefficient (Wildman–Crippen LogP) is 1.59. The summed E-state index contributed by atoms with van der Waals surface area (Å²) in [6.07, 6.45) is 4.49. The Morgan fingerprint density at radius 1 is 1.39 bits per heavy atom. The van der Waals surface area contributed by atoms with Gasteiger partial charge >= 0.3 is 0 Å². The molecule has 1 rings (SSSR count). The normalized spacial score (nSPS) is 11.2. The van der Waals surface area contributed by atoms with Crippen LogP contribution in [0.2, 0.25) is 0 Å². The fourth-order valence-electron chi connectivity index (χ4n) is 1.83. The van der Waals surface area contributed by atoms with Gasteiger partial charge in [0, 0.05) is 26.4 Å². The molecule has 0 bridgehead atoms. The van der Waals surface area contributed by atoms with Gasteiger partial charge < -0.3 is 19.5 Å². The number of nitrogens with zero attached hydrogens (tertiary/aromatic N) is 3. The molecule has 1 heterocycles. The highest BCUT2D eigenvalue weighted by Gasteiger charge is 2.04. The first-order valence-corrected chi connectivity index (χ1v) is 6.55. The fourth-order valence-corrected chi connectivity index (χ4v) is 1.83. The lowest BCUT2D eigenvalue weighted by atomic mass is 10.3. The van der Waals surface area contributed by atoms with Crippen LogP contribution < -0.4 is 5.32 Å². The van der Waals surface area contributed by atoms with Crippen LogP contribution in [0.25, 0.3) is 0 Å². The van der Waals surface area contributed by atoms with Gasteiger partial charge in [-0.3, -0.25) is 0 Å². The number of aromatic nitrogens is 2. The van der Waals surface area contributed by atoms with Crippen LogP contribution in [0.15, 0.2) is 6.20 Å². The second-order valence-electron chi connectivity index (χ2n) is 4.83. The Labute approximate surface area is 110 Å². The van der Waals surface area contributed by atoms with Crippen molar-refractivity contribution in [3.8, 4) is 0 Å². The average molecular weight is 254 g/mol. The largest absolute Gasteiger partial charge is 0.383 e. The van der Waals surface area contributed by atoms with E-state index in [2.05, 4.69) is 40.1 Å². The van der Waals surface area contributed by atoms with Crippen molar-refractivity contribution in [3.05, 3.63) is 11.9 Å². The lowest BCUT2D eigenvalue weighted by Gasteiger charge is -2.11. The molecule has 18 heavy (non-hydrogen) atoms. The minimum Gasteiger partial charge on any atom is -0.383 e. The van der Waals surface area contributed by atoms with Crippen molar-refractivity contribution in [1.82, 2.24) is 14.5 Å². The highest BCUT2D eigenvalue weighted by atomic mass is 16.5. The molecule has 0 atom stereocenters. The summed E-state index contributed by atoms with van der Waals surface area (Å²) in [7, 11) is 5.93. The monoisotopic (exact) mass is 254 g/mol. The number of rotatable bonds is 9. The van der Waals surface area contributed by atoms with Crippen LogP contribution in [0, 0.1) is 6.92 Å². The highest BCUT2D eigenvalue weighted by Crippen LogP contribution is 2.09. The van der Waals surface area contributed by atoms with Crippen LogP contribution >= 0.6 is 0 Å². The number of unbranched alkanes of at least 4 members (excludes halogenated alkanes) is 1. The van der Waals surface area contributed by atoms with Crippen LogP contribution in [0.4, 0.5) is 5.95 Å². The number of hydrogen-bond donors (Lipinski definition) is 1. The maximum atomic E-state index is 5.03. The minimum absolute atomic E-state index is 0.701. The van der Waals surface area contributed by atoms with Gasteiger partial charge in [0.2, 0.25) is 5.95 Å².